The average molecular weight is 531 g/mol. The summed E-state index contributed by atoms with van der Waals surface area (Å²) in [5, 5.41) is 3.41. The summed E-state index contributed by atoms with van der Waals surface area (Å²) >= 11 is 1.75. The molecule has 3 nitrogen and oxygen atoms in total. The summed E-state index contributed by atoms with van der Waals surface area (Å²) in [7, 11) is 0. The molecule has 0 N–H and O–H groups in total. The molecule has 5 aromatic carbocycles. The van der Waals surface area contributed by atoms with Crippen molar-refractivity contribution in [2.24, 2.45) is 0 Å². The number of nitrogens with zero attached hydrogens (tertiary/aromatic N) is 2. The van der Waals surface area contributed by atoms with Crippen LogP contribution in [0.15, 0.2) is 138 Å². The number of benzene rings is 5. The van der Waals surface area contributed by atoms with E-state index in [0.717, 1.165) is 54.9 Å². The van der Waals surface area contributed by atoms with E-state index in [2.05, 4.69) is 109 Å². The van der Waals surface area contributed by atoms with Crippen LogP contribution in [0.25, 0.3) is 76.4 Å². The third kappa shape index (κ3) is 3.89. The van der Waals surface area contributed by atoms with Crippen LogP contribution in [0.4, 0.5) is 0 Å². The third-order valence-corrected chi connectivity index (χ3v) is 8.47. The van der Waals surface area contributed by atoms with E-state index in [9.17, 15) is 0 Å². The lowest BCUT2D eigenvalue weighted by molar-refractivity contribution is 0.670. The van der Waals surface area contributed by atoms with Gasteiger partial charge in [0.25, 0.3) is 0 Å². The highest BCUT2D eigenvalue weighted by Crippen LogP contribution is 2.39. The Balaban J connectivity index is 1.33. The summed E-state index contributed by atoms with van der Waals surface area (Å²) in [6, 6.07) is 46.1. The Hall–Kier alpha value is -5.06. The van der Waals surface area contributed by atoms with Gasteiger partial charge in [-0.05, 0) is 46.8 Å². The van der Waals surface area contributed by atoms with Gasteiger partial charge in [-0.1, -0.05) is 103 Å². The van der Waals surface area contributed by atoms with E-state index in [4.69, 9.17) is 14.4 Å². The van der Waals surface area contributed by atoms with Gasteiger partial charge >= 0.3 is 0 Å². The summed E-state index contributed by atoms with van der Waals surface area (Å²) in [5.74, 6) is 0.692. The van der Waals surface area contributed by atoms with E-state index >= 15 is 0 Å². The molecule has 0 spiro atoms. The van der Waals surface area contributed by atoms with Crippen LogP contribution >= 0.6 is 11.3 Å². The quantitative estimate of drug-likeness (QED) is 0.227. The Morgan fingerprint density at radius 3 is 2.10 bits per heavy atom. The van der Waals surface area contributed by atoms with Gasteiger partial charge < -0.3 is 4.42 Å². The maximum atomic E-state index is 6.38. The zero-order valence-corrected chi connectivity index (χ0v) is 22.2. The molecule has 8 rings (SSSR count). The van der Waals surface area contributed by atoms with Crippen LogP contribution in [0, 0.1) is 0 Å². The Kier molecular flexibility index (Phi) is 5.32. The predicted octanol–water partition coefficient (Wildman–Crippen LogP) is 10.3. The van der Waals surface area contributed by atoms with Crippen LogP contribution in [-0.2, 0) is 0 Å². The minimum absolute atomic E-state index is 0.692. The average Bonchev–Trinajstić information content (AvgIpc) is 3.63. The van der Waals surface area contributed by atoms with E-state index < -0.39 is 0 Å². The number of aromatic nitrogens is 2. The summed E-state index contributed by atoms with van der Waals surface area (Å²) < 4.78 is 7.63. The van der Waals surface area contributed by atoms with E-state index in [1.807, 2.05) is 24.3 Å². The van der Waals surface area contributed by atoms with Gasteiger partial charge in [-0.25, -0.2) is 9.97 Å². The molecule has 0 amide bonds. The fraction of sp³-hybridized carbons (Fsp3) is 0. The molecule has 0 saturated heterocycles. The van der Waals surface area contributed by atoms with E-state index in [1.54, 1.807) is 11.3 Å². The highest BCUT2D eigenvalue weighted by molar-refractivity contribution is 7.22. The molecular weight excluding hydrogens is 508 g/mol. The zero-order chi connectivity index (χ0) is 26.5. The van der Waals surface area contributed by atoms with Crippen LogP contribution < -0.4 is 0 Å². The largest absolute Gasteiger partial charge is 0.455 e. The lowest BCUT2D eigenvalue weighted by Crippen LogP contribution is -1.95. The summed E-state index contributed by atoms with van der Waals surface area (Å²) in [6.45, 7) is 0. The number of para-hydroxylation sites is 2. The SMILES string of the molecule is c1ccc(-c2ccc(-c3nc(-c4cc5ccccc5s4)cc(-c4cccc5c4oc4ccccc45)n3)cc2)cc1. The molecule has 0 saturated carbocycles. The molecule has 0 aliphatic carbocycles. The monoisotopic (exact) mass is 530 g/mol. The van der Waals surface area contributed by atoms with Crippen molar-refractivity contribution in [3.63, 3.8) is 0 Å². The fourth-order valence-electron chi connectivity index (χ4n) is 5.34. The van der Waals surface area contributed by atoms with Gasteiger partial charge in [0.05, 0.1) is 16.3 Å². The highest BCUT2D eigenvalue weighted by Gasteiger charge is 2.17. The second kappa shape index (κ2) is 9.30. The van der Waals surface area contributed by atoms with Crippen LogP contribution in [0.1, 0.15) is 0 Å². The molecule has 0 atom stereocenters. The molecule has 3 aromatic heterocycles. The van der Waals surface area contributed by atoms with E-state index in [-0.39, 0.29) is 0 Å². The molecule has 8 aromatic rings. The van der Waals surface area contributed by atoms with Gasteiger partial charge in [0.15, 0.2) is 5.82 Å². The highest BCUT2D eigenvalue weighted by atomic mass is 32.1. The lowest BCUT2D eigenvalue weighted by atomic mass is 10.0. The Bertz CT molecular complexity index is 2120. The first-order chi connectivity index (χ1) is 19.8. The number of fused-ring (bicyclic) bond motifs is 4. The second-order valence-corrected chi connectivity index (χ2v) is 10.9. The first kappa shape index (κ1) is 22.9. The lowest BCUT2D eigenvalue weighted by Gasteiger charge is -2.09. The van der Waals surface area contributed by atoms with Crippen molar-refractivity contribution in [2.45, 2.75) is 0 Å². The topological polar surface area (TPSA) is 38.9 Å². The number of hydrogen-bond acceptors (Lipinski definition) is 4. The van der Waals surface area contributed by atoms with Gasteiger partial charge in [0.1, 0.15) is 11.2 Å². The minimum atomic E-state index is 0.692. The molecule has 3 heterocycles. The van der Waals surface area contributed by atoms with Crippen molar-refractivity contribution in [2.75, 3.05) is 0 Å². The molecule has 0 bridgehead atoms. The van der Waals surface area contributed by atoms with Crippen LogP contribution in [0.5, 0.6) is 0 Å². The molecule has 0 aliphatic heterocycles. The van der Waals surface area contributed by atoms with Crippen molar-refractivity contribution >= 4 is 43.4 Å². The van der Waals surface area contributed by atoms with Crippen molar-refractivity contribution in [1.29, 1.82) is 0 Å². The molecule has 0 aliphatic rings. The summed E-state index contributed by atoms with van der Waals surface area (Å²) in [5.41, 5.74) is 7.75. The van der Waals surface area contributed by atoms with Crippen LogP contribution in [-0.4, -0.2) is 9.97 Å². The number of furan rings is 1. The van der Waals surface area contributed by atoms with Crippen LogP contribution in [0.2, 0.25) is 0 Å². The second-order valence-electron chi connectivity index (χ2n) is 9.83. The number of hydrogen-bond donors (Lipinski definition) is 0. The Morgan fingerprint density at radius 2 is 1.23 bits per heavy atom. The molecule has 4 heteroatoms. The van der Waals surface area contributed by atoms with Crippen LogP contribution in [0.3, 0.4) is 0 Å². The van der Waals surface area contributed by atoms with Crippen molar-refractivity contribution in [1.82, 2.24) is 9.97 Å². The van der Waals surface area contributed by atoms with Crippen molar-refractivity contribution < 1.29 is 4.42 Å². The third-order valence-electron chi connectivity index (χ3n) is 7.33. The smallest absolute Gasteiger partial charge is 0.160 e. The number of rotatable bonds is 4. The molecule has 0 radical (unpaired) electrons. The summed E-state index contributed by atoms with van der Waals surface area (Å²) in [6.07, 6.45) is 0. The van der Waals surface area contributed by atoms with E-state index in [1.165, 1.54) is 15.6 Å². The first-order valence-corrected chi connectivity index (χ1v) is 14.1. The van der Waals surface area contributed by atoms with Gasteiger partial charge in [-0.3, -0.25) is 0 Å². The standard InChI is InChI=1S/C36H22N2OS/c1-2-9-23(10-3-1)24-17-19-25(20-18-24)36-37-30(22-31(38-36)34-21-26-11-4-7-16-33(26)40-34)29-14-8-13-28-27-12-5-6-15-32(27)39-35(28)29/h1-22H. The maximum Gasteiger partial charge on any atom is 0.160 e. The molecule has 0 unspecified atom stereocenters. The Morgan fingerprint density at radius 1 is 0.525 bits per heavy atom. The maximum absolute atomic E-state index is 6.38. The number of thiophene rings is 1. The van der Waals surface area contributed by atoms with Crippen molar-refractivity contribution in [3.8, 4) is 44.3 Å². The Labute approximate surface area is 235 Å². The normalized spacial score (nSPS) is 11.5. The van der Waals surface area contributed by atoms with Crippen molar-refractivity contribution in [3.05, 3.63) is 133 Å². The van der Waals surface area contributed by atoms with Gasteiger partial charge in [0.2, 0.25) is 0 Å². The van der Waals surface area contributed by atoms with Gasteiger partial charge in [-0.2, -0.15) is 0 Å². The van der Waals surface area contributed by atoms with Gasteiger partial charge in [-0.15, -0.1) is 11.3 Å². The molecule has 40 heavy (non-hydrogen) atoms. The van der Waals surface area contributed by atoms with E-state index in [0.29, 0.717) is 5.82 Å². The molecule has 188 valence electrons. The predicted molar refractivity (Wildman–Crippen MR) is 166 cm³/mol. The fourth-order valence-corrected chi connectivity index (χ4v) is 6.36. The van der Waals surface area contributed by atoms with Gasteiger partial charge in [0, 0.05) is 26.6 Å². The minimum Gasteiger partial charge on any atom is -0.455 e. The molecule has 0 fully saturated rings. The molecular formula is C36H22N2OS. The summed E-state index contributed by atoms with van der Waals surface area (Å²) in [4.78, 5) is 11.3. The zero-order valence-electron chi connectivity index (χ0n) is 21.4. The first-order valence-electron chi connectivity index (χ1n) is 13.2.